The molecule has 1 aromatic heterocycles. The molecular formula is C5H7NO3S. The number of rotatable bonds is 2. The molecule has 0 amide bonds. The largest absolute Gasteiger partial charge is 0.492 e. The van der Waals surface area contributed by atoms with Crippen molar-refractivity contribution in [1.29, 1.82) is 0 Å². The zero-order valence-corrected chi connectivity index (χ0v) is 6.13. The molecule has 0 aliphatic carbocycles. The van der Waals surface area contributed by atoms with Crippen LogP contribution in [-0.4, -0.2) is 21.2 Å². The number of aromatic nitrogens is 1. The van der Waals surface area contributed by atoms with Gasteiger partial charge in [-0.2, -0.15) is 0 Å². The molecule has 0 radical (unpaired) electrons. The van der Waals surface area contributed by atoms with Crippen LogP contribution in [0.4, 0.5) is 0 Å². The van der Waals surface area contributed by atoms with Gasteiger partial charge in [-0.25, -0.2) is 0 Å². The maximum absolute atomic E-state index is 8.93. The van der Waals surface area contributed by atoms with Gasteiger partial charge in [0.2, 0.25) is 11.8 Å². The van der Waals surface area contributed by atoms with Crippen molar-refractivity contribution in [1.82, 2.24) is 4.73 Å². The molecule has 0 bridgehead atoms. The second-order valence-corrected chi connectivity index (χ2v) is 2.07. The number of hydrogen-bond acceptors (Lipinski definition) is 4. The lowest BCUT2D eigenvalue weighted by Gasteiger charge is -2.02. The molecule has 4 nitrogen and oxygen atoms in total. The topological polar surface area (TPSA) is 54.6 Å². The van der Waals surface area contributed by atoms with Crippen molar-refractivity contribution in [2.75, 3.05) is 6.26 Å². The van der Waals surface area contributed by atoms with Crippen LogP contribution in [0.5, 0.6) is 11.8 Å². The molecule has 0 spiro atoms. The maximum atomic E-state index is 8.93. The number of nitrogens with zero attached hydrogens (tertiary/aromatic N) is 1. The normalized spacial score (nSPS) is 9.70. The quantitative estimate of drug-likeness (QED) is 0.624. The van der Waals surface area contributed by atoms with Crippen LogP contribution in [0.2, 0.25) is 0 Å². The summed E-state index contributed by atoms with van der Waals surface area (Å²) in [6, 6.07) is 2.68. The van der Waals surface area contributed by atoms with E-state index in [1.54, 1.807) is 6.26 Å². The van der Waals surface area contributed by atoms with Gasteiger partial charge >= 0.3 is 0 Å². The molecule has 0 saturated carbocycles. The highest BCUT2D eigenvalue weighted by molar-refractivity contribution is 7.94. The second-order valence-electron chi connectivity index (χ2n) is 1.59. The Hall–Kier alpha value is -0.970. The van der Waals surface area contributed by atoms with Crippen LogP contribution in [0.1, 0.15) is 0 Å². The van der Waals surface area contributed by atoms with E-state index in [-0.39, 0.29) is 11.8 Å². The fourth-order valence-electron chi connectivity index (χ4n) is 0.553. The van der Waals surface area contributed by atoms with E-state index in [0.717, 1.165) is 16.8 Å². The molecule has 0 aliphatic rings. The lowest BCUT2D eigenvalue weighted by atomic mass is 10.6. The van der Waals surface area contributed by atoms with E-state index >= 15 is 0 Å². The summed E-state index contributed by atoms with van der Waals surface area (Å²) in [6.07, 6.45) is 1.68. The van der Waals surface area contributed by atoms with Gasteiger partial charge in [0, 0.05) is 18.4 Å². The molecule has 0 aliphatic heterocycles. The van der Waals surface area contributed by atoms with Crippen molar-refractivity contribution in [3.8, 4) is 11.8 Å². The van der Waals surface area contributed by atoms with Gasteiger partial charge in [0.25, 0.3) is 0 Å². The van der Waals surface area contributed by atoms with E-state index in [1.165, 1.54) is 12.1 Å². The van der Waals surface area contributed by atoms with Crippen molar-refractivity contribution >= 4 is 12.0 Å². The van der Waals surface area contributed by atoms with E-state index in [2.05, 4.69) is 0 Å². The molecule has 2 N–H and O–H groups in total. The van der Waals surface area contributed by atoms with Gasteiger partial charge in [-0.1, -0.05) is 0 Å². The van der Waals surface area contributed by atoms with Crippen LogP contribution in [0.15, 0.2) is 12.1 Å². The Bertz CT molecular complexity index is 203. The monoisotopic (exact) mass is 161 g/mol. The number of hydrogen-bond donors (Lipinski definition) is 2. The molecule has 0 fully saturated rings. The van der Waals surface area contributed by atoms with Crippen LogP contribution in [0.3, 0.4) is 0 Å². The summed E-state index contributed by atoms with van der Waals surface area (Å²) in [5, 5.41) is 17.9. The summed E-state index contributed by atoms with van der Waals surface area (Å²) in [5.74, 6) is -0.237. The van der Waals surface area contributed by atoms with Crippen LogP contribution < -0.4 is 4.28 Å². The zero-order valence-electron chi connectivity index (χ0n) is 5.31. The van der Waals surface area contributed by atoms with Crippen LogP contribution in [-0.2, 0) is 0 Å². The van der Waals surface area contributed by atoms with Crippen molar-refractivity contribution in [3.05, 3.63) is 12.1 Å². The molecule has 5 heteroatoms. The fourth-order valence-corrected chi connectivity index (χ4v) is 0.855. The Morgan fingerprint density at radius 2 is 1.90 bits per heavy atom. The molecule has 0 saturated heterocycles. The number of aromatic hydroxyl groups is 2. The van der Waals surface area contributed by atoms with Crippen molar-refractivity contribution < 1.29 is 14.5 Å². The third kappa shape index (κ3) is 1.13. The molecule has 0 aromatic carbocycles. The summed E-state index contributed by atoms with van der Waals surface area (Å²) in [6.45, 7) is 0. The molecule has 1 aromatic rings. The van der Waals surface area contributed by atoms with Gasteiger partial charge in [-0.15, -0.1) is 4.73 Å². The van der Waals surface area contributed by atoms with E-state index in [9.17, 15) is 0 Å². The van der Waals surface area contributed by atoms with E-state index in [0.29, 0.717) is 0 Å². The van der Waals surface area contributed by atoms with Gasteiger partial charge in [-0.3, -0.25) is 0 Å². The molecule has 10 heavy (non-hydrogen) atoms. The molecule has 0 atom stereocenters. The van der Waals surface area contributed by atoms with Crippen molar-refractivity contribution in [2.45, 2.75) is 0 Å². The molecule has 1 rings (SSSR count). The van der Waals surface area contributed by atoms with Gasteiger partial charge in [0.1, 0.15) is 0 Å². The van der Waals surface area contributed by atoms with Gasteiger partial charge in [0.05, 0.1) is 12.0 Å². The highest BCUT2D eigenvalue weighted by Gasteiger charge is 2.04. The summed E-state index contributed by atoms with van der Waals surface area (Å²) in [4.78, 5) is 0. The highest BCUT2D eigenvalue weighted by Crippen LogP contribution is 2.19. The average Bonchev–Trinajstić information content (AvgIpc) is 2.20. The first-order valence-electron chi connectivity index (χ1n) is 2.56. The van der Waals surface area contributed by atoms with Gasteiger partial charge < -0.3 is 14.5 Å². The smallest absolute Gasteiger partial charge is 0.230 e. The van der Waals surface area contributed by atoms with Gasteiger partial charge in [0.15, 0.2) is 0 Å². The molecule has 1 heterocycles. The first-order valence-corrected chi connectivity index (χ1v) is 3.71. The van der Waals surface area contributed by atoms with Gasteiger partial charge in [-0.05, 0) is 0 Å². The average molecular weight is 161 g/mol. The zero-order chi connectivity index (χ0) is 7.56. The Morgan fingerprint density at radius 3 is 2.30 bits per heavy atom. The first-order chi connectivity index (χ1) is 4.75. The third-order valence-corrected chi connectivity index (χ3v) is 1.24. The first kappa shape index (κ1) is 7.14. The molecule has 56 valence electrons. The minimum atomic E-state index is -0.119. The summed E-state index contributed by atoms with van der Waals surface area (Å²) in [7, 11) is 0. The van der Waals surface area contributed by atoms with Crippen LogP contribution in [0.25, 0.3) is 0 Å². The summed E-state index contributed by atoms with van der Waals surface area (Å²) < 4.78 is 5.66. The predicted octanol–water partition coefficient (Wildman–Crippen LogP) is 0.606. The van der Waals surface area contributed by atoms with E-state index < -0.39 is 0 Å². The maximum Gasteiger partial charge on any atom is 0.230 e. The van der Waals surface area contributed by atoms with E-state index in [4.69, 9.17) is 14.5 Å². The lowest BCUT2D eigenvalue weighted by molar-refractivity contribution is 0.226. The Labute approximate surface area is 62.2 Å². The summed E-state index contributed by atoms with van der Waals surface area (Å²) in [5.41, 5.74) is 0. The highest BCUT2D eigenvalue weighted by atomic mass is 32.2. The Balaban J connectivity index is 2.87. The molecular weight excluding hydrogens is 154 g/mol. The van der Waals surface area contributed by atoms with Crippen molar-refractivity contribution in [2.24, 2.45) is 0 Å². The van der Waals surface area contributed by atoms with Crippen LogP contribution >= 0.6 is 12.0 Å². The van der Waals surface area contributed by atoms with Crippen LogP contribution in [0, 0.1) is 0 Å². The van der Waals surface area contributed by atoms with Crippen molar-refractivity contribution in [3.63, 3.8) is 0 Å². The van der Waals surface area contributed by atoms with E-state index in [1.807, 2.05) is 0 Å². The predicted molar refractivity (Wildman–Crippen MR) is 37.9 cm³/mol. The lowest BCUT2D eigenvalue weighted by Crippen LogP contribution is -2.00. The summed E-state index contributed by atoms with van der Waals surface area (Å²) >= 11 is 1.03. The minimum absolute atomic E-state index is 0.119. The Kier molecular flexibility index (Phi) is 1.96. The second kappa shape index (κ2) is 2.74. The minimum Gasteiger partial charge on any atom is -0.492 e. The third-order valence-electron chi connectivity index (χ3n) is 0.947. The fraction of sp³-hybridized carbons (Fsp3) is 0.200. The molecule has 0 unspecified atom stereocenters. The Morgan fingerprint density at radius 1 is 1.40 bits per heavy atom. The standard InChI is InChI=1S/C5H7NO3S/c1-10-9-6-4(7)2-3-5(6)8/h2-3,7-8H,1H3. The SMILES string of the molecule is CSOn1c(O)ccc1O.